The van der Waals surface area contributed by atoms with Gasteiger partial charge in [-0.25, -0.2) is 15.0 Å². The number of nitrogens with zero attached hydrogens (tertiary/aromatic N) is 4. The molecule has 0 radical (unpaired) electrons. The summed E-state index contributed by atoms with van der Waals surface area (Å²) < 4.78 is 0. The molecule has 27 heavy (non-hydrogen) atoms. The van der Waals surface area contributed by atoms with E-state index in [1.54, 1.807) is 6.20 Å². The second-order valence-corrected chi connectivity index (χ2v) is 6.90. The Bertz CT molecular complexity index is 1120. The normalized spacial score (nSPS) is 13.1. The second kappa shape index (κ2) is 6.46. The van der Waals surface area contributed by atoms with Crippen LogP contribution in [0.15, 0.2) is 42.6 Å². The zero-order valence-corrected chi connectivity index (χ0v) is 15.2. The number of hydrogen-bond donors (Lipinski definition) is 2. The third-order valence-corrected chi connectivity index (χ3v) is 5.01. The fourth-order valence-corrected chi connectivity index (χ4v) is 3.67. The van der Waals surface area contributed by atoms with Crippen LogP contribution in [0.2, 0.25) is 0 Å². The van der Waals surface area contributed by atoms with Crippen LogP contribution in [-0.4, -0.2) is 24.9 Å². The minimum atomic E-state index is 0.596. The molecule has 0 spiro atoms. The van der Waals surface area contributed by atoms with Crippen molar-refractivity contribution in [1.29, 1.82) is 0 Å². The molecule has 0 saturated carbocycles. The SMILES string of the molecule is Cc1cccc2[nH]c(CNc3nc(-c4ccccn4)nc4c3CCC4)nc12. The lowest BCUT2D eigenvalue weighted by Crippen LogP contribution is -2.08. The van der Waals surface area contributed by atoms with Crippen LogP contribution >= 0.6 is 0 Å². The highest BCUT2D eigenvalue weighted by Gasteiger charge is 2.20. The number of aryl methyl sites for hydroxylation is 2. The first-order valence-corrected chi connectivity index (χ1v) is 9.27. The summed E-state index contributed by atoms with van der Waals surface area (Å²) in [4.78, 5) is 22.0. The summed E-state index contributed by atoms with van der Waals surface area (Å²) in [6.45, 7) is 2.68. The average Bonchev–Trinajstić information content (AvgIpc) is 3.34. The minimum absolute atomic E-state index is 0.596. The summed E-state index contributed by atoms with van der Waals surface area (Å²) in [5, 5.41) is 3.48. The van der Waals surface area contributed by atoms with E-state index in [9.17, 15) is 0 Å². The molecule has 0 amide bonds. The van der Waals surface area contributed by atoms with Gasteiger partial charge in [-0.15, -0.1) is 0 Å². The minimum Gasteiger partial charge on any atom is -0.362 e. The van der Waals surface area contributed by atoms with Gasteiger partial charge in [-0.05, 0) is 49.9 Å². The van der Waals surface area contributed by atoms with Crippen molar-refractivity contribution in [3.8, 4) is 11.5 Å². The molecule has 1 aromatic carbocycles. The van der Waals surface area contributed by atoms with E-state index in [0.29, 0.717) is 12.4 Å². The maximum atomic E-state index is 4.77. The Morgan fingerprint density at radius 2 is 2.00 bits per heavy atom. The Morgan fingerprint density at radius 1 is 1.04 bits per heavy atom. The number of nitrogens with one attached hydrogen (secondary N) is 2. The maximum Gasteiger partial charge on any atom is 0.180 e. The molecular formula is C21H20N6. The molecule has 0 bridgehead atoms. The predicted octanol–water partition coefficient (Wildman–Crippen LogP) is 3.82. The lowest BCUT2D eigenvalue weighted by molar-refractivity contribution is 0.899. The van der Waals surface area contributed by atoms with Crippen molar-refractivity contribution in [2.24, 2.45) is 0 Å². The summed E-state index contributed by atoms with van der Waals surface area (Å²) in [6, 6.07) is 12.0. The van der Waals surface area contributed by atoms with Gasteiger partial charge in [-0.3, -0.25) is 4.98 Å². The molecule has 134 valence electrons. The number of aromatic amines is 1. The number of hydrogen-bond acceptors (Lipinski definition) is 5. The first kappa shape index (κ1) is 15.9. The molecule has 0 unspecified atom stereocenters. The first-order valence-electron chi connectivity index (χ1n) is 9.27. The Morgan fingerprint density at radius 3 is 2.85 bits per heavy atom. The molecule has 0 saturated heterocycles. The van der Waals surface area contributed by atoms with Gasteiger partial charge in [0.25, 0.3) is 0 Å². The molecule has 1 aliphatic rings. The van der Waals surface area contributed by atoms with Crippen LogP contribution in [0.3, 0.4) is 0 Å². The zero-order valence-electron chi connectivity index (χ0n) is 15.2. The van der Waals surface area contributed by atoms with Crippen LogP contribution in [-0.2, 0) is 19.4 Å². The average molecular weight is 356 g/mol. The predicted molar refractivity (Wildman–Crippen MR) is 105 cm³/mol. The molecule has 3 aromatic heterocycles. The van der Waals surface area contributed by atoms with Gasteiger partial charge in [-0.2, -0.15) is 0 Å². The van der Waals surface area contributed by atoms with Crippen molar-refractivity contribution in [3.63, 3.8) is 0 Å². The van der Waals surface area contributed by atoms with Crippen LogP contribution < -0.4 is 5.32 Å². The van der Waals surface area contributed by atoms with Crippen LogP contribution in [0.25, 0.3) is 22.6 Å². The van der Waals surface area contributed by atoms with Crippen LogP contribution in [0, 0.1) is 6.92 Å². The van der Waals surface area contributed by atoms with E-state index in [-0.39, 0.29) is 0 Å². The summed E-state index contributed by atoms with van der Waals surface area (Å²) >= 11 is 0. The Balaban J connectivity index is 1.47. The quantitative estimate of drug-likeness (QED) is 0.581. The molecule has 6 nitrogen and oxygen atoms in total. The lowest BCUT2D eigenvalue weighted by Gasteiger charge is -2.11. The van der Waals surface area contributed by atoms with E-state index >= 15 is 0 Å². The molecule has 0 fully saturated rings. The monoisotopic (exact) mass is 356 g/mol. The van der Waals surface area contributed by atoms with Crippen molar-refractivity contribution in [3.05, 3.63) is 65.2 Å². The van der Waals surface area contributed by atoms with Crippen molar-refractivity contribution in [1.82, 2.24) is 24.9 Å². The maximum absolute atomic E-state index is 4.77. The summed E-state index contributed by atoms with van der Waals surface area (Å²) in [6.07, 6.45) is 4.90. The van der Waals surface area contributed by atoms with Gasteiger partial charge < -0.3 is 10.3 Å². The van der Waals surface area contributed by atoms with Gasteiger partial charge in [0.15, 0.2) is 5.82 Å². The van der Waals surface area contributed by atoms with Gasteiger partial charge >= 0.3 is 0 Å². The van der Waals surface area contributed by atoms with E-state index in [1.165, 1.54) is 11.1 Å². The molecule has 0 atom stereocenters. The van der Waals surface area contributed by atoms with Gasteiger partial charge in [0, 0.05) is 17.5 Å². The van der Waals surface area contributed by atoms with E-state index in [2.05, 4.69) is 34.3 Å². The number of anilines is 1. The molecule has 3 heterocycles. The first-order chi connectivity index (χ1) is 13.3. The third kappa shape index (κ3) is 2.93. The van der Waals surface area contributed by atoms with E-state index < -0.39 is 0 Å². The van der Waals surface area contributed by atoms with Crippen molar-refractivity contribution in [2.75, 3.05) is 5.32 Å². The van der Waals surface area contributed by atoms with Crippen LogP contribution in [0.4, 0.5) is 5.82 Å². The molecule has 6 heteroatoms. The van der Waals surface area contributed by atoms with Crippen molar-refractivity contribution < 1.29 is 0 Å². The van der Waals surface area contributed by atoms with E-state index in [0.717, 1.165) is 53.3 Å². The number of benzene rings is 1. The summed E-state index contributed by atoms with van der Waals surface area (Å²) in [5.74, 6) is 2.48. The number of imidazole rings is 1. The molecular weight excluding hydrogens is 336 g/mol. The van der Waals surface area contributed by atoms with Gasteiger partial charge in [0.2, 0.25) is 0 Å². The molecule has 2 N–H and O–H groups in total. The number of rotatable bonds is 4. The van der Waals surface area contributed by atoms with Gasteiger partial charge in [0.05, 0.1) is 17.6 Å². The van der Waals surface area contributed by atoms with Crippen molar-refractivity contribution >= 4 is 16.9 Å². The van der Waals surface area contributed by atoms with E-state index in [4.69, 9.17) is 15.0 Å². The Kier molecular flexibility index (Phi) is 3.81. The molecule has 4 aromatic rings. The summed E-state index contributed by atoms with van der Waals surface area (Å²) in [7, 11) is 0. The number of aromatic nitrogens is 5. The van der Waals surface area contributed by atoms with E-state index in [1.807, 2.05) is 24.3 Å². The van der Waals surface area contributed by atoms with Gasteiger partial charge in [0.1, 0.15) is 17.3 Å². The van der Waals surface area contributed by atoms with Gasteiger partial charge in [-0.1, -0.05) is 18.2 Å². The summed E-state index contributed by atoms with van der Waals surface area (Å²) in [5.41, 5.74) is 6.42. The fourth-order valence-electron chi connectivity index (χ4n) is 3.67. The highest BCUT2D eigenvalue weighted by molar-refractivity contribution is 5.78. The van der Waals surface area contributed by atoms with Crippen molar-refractivity contribution in [2.45, 2.75) is 32.7 Å². The number of pyridine rings is 1. The highest BCUT2D eigenvalue weighted by atomic mass is 15.1. The fraction of sp³-hybridized carbons (Fsp3) is 0.238. The van der Waals surface area contributed by atoms with Crippen LogP contribution in [0.5, 0.6) is 0 Å². The number of para-hydroxylation sites is 1. The number of fused-ring (bicyclic) bond motifs is 2. The Hall–Kier alpha value is -3.28. The molecule has 5 rings (SSSR count). The number of H-pyrrole nitrogens is 1. The second-order valence-electron chi connectivity index (χ2n) is 6.90. The molecule has 0 aliphatic heterocycles. The largest absolute Gasteiger partial charge is 0.362 e. The highest BCUT2D eigenvalue weighted by Crippen LogP contribution is 2.29. The smallest absolute Gasteiger partial charge is 0.180 e. The van der Waals surface area contributed by atoms with Crippen LogP contribution in [0.1, 0.15) is 29.1 Å². The zero-order chi connectivity index (χ0) is 18.2. The Labute approximate surface area is 157 Å². The topological polar surface area (TPSA) is 79.4 Å². The molecule has 1 aliphatic carbocycles. The standard InChI is InChI=1S/C21H20N6/c1-13-6-4-10-16-19(13)26-18(24-16)12-23-20-14-7-5-9-15(14)25-21(27-20)17-8-2-3-11-22-17/h2-4,6,8,10-11H,5,7,9,12H2,1H3,(H,24,26)(H,23,25,27). The third-order valence-electron chi connectivity index (χ3n) is 5.01. The lowest BCUT2D eigenvalue weighted by atomic mass is 10.2.